The Labute approximate surface area is 196 Å². The lowest BCUT2D eigenvalue weighted by molar-refractivity contribution is -0.117. The fourth-order valence-corrected chi connectivity index (χ4v) is 5.16. The summed E-state index contributed by atoms with van der Waals surface area (Å²) in [6.07, 6.45) is 2.64. The predicted molar refractivity (Wildman–Crippen MR) is 130 cm³/mol. The van der Waals surface area contributed by atoms with E-state index in [0.717, 1.165) is 30.3 Å². The number of amides is 1. The second-order valence-corrected chi connectivity index (χ2v) is 8.92. The quantitative estimate of drug-likeness (QED) is 0.413. The lowest BCUT2D eigenvalue weighted by atomic mass is 9.85. The maximum absolute atomic E-state index is 13.3. The van der Waals surface area contributed by atoms with Gasteiger partial charge in [-0.3, -0.25) is 19.5 Å². The van der Waals surface area contributed by atoms with E-state index < -0.39 is 0 Å². The largest absolute Gasteiger partial charge is 0.323 e. The van der Waals surface area contributed by atoms with Gasteiger partial charge in [0.2, 0.25) is 5.91 Å². The first-order valence-electron chi connectivity index (χ1n) is 10.9. The van der Waals surface area contributed by atoms with Crippen LogP contribution in [0.2, 0.25) is 5.02 Å². The van der Waals surface area contributed by atoms with Gasteiger partial charge < -0.3 is 5.32 Å². The minimum Gasteiger partial charge on any atom is -0.323 e. The predicted octanol–water partition coefficient (Wildman–Crippen LogP) is 5.10. The number of pyridine rings is 1. The molecular formula is C27H20ClN3O2. The van der Waals surface area contributed by atoms with Crippen molar-refractivity contribution in [3.05, 3.63) is 94.1 Å². The summed E-state index contributed by atoms with van der Waals surface area (Å²) in [5, 5.41) is 5.11. The molecule has 0 radical (unpaired) electrons. The van der Waals surface area contributed by atoms with Crippen molar-refractivity contribution in [3.8, 4) is 11.3 Å². The molecule has 4 aromatic rings. The Balaban J connectivity index is 1.35. The van der Waals surface area contributed by atoms with E-state index in [0.29, 0.717) is 33.1 Å². The average Bonchev–Trinajstić information content (AvgIpc) is 2.83. The molecule has 1 N–H and O–H groups in total. The molecule has 0 spiro atoms. The molecule has 1 aromatic heterocycles. The molecule has 1 amide bonds. The van der Waals surface area contributed by atoms with Gasteiger partial charge in [0.05, 0.1) is 22.9 Å². The van der Waals surface area contributed by atoms with Gasteiger partial charge in [0, 0.05) is 41.4 Å². The number of nitrogens with one attached hydrogen (secondary N) is 1. The molecule has 0 saturated heterocycles. The lowest BCUT2D eigenvalue weighted by Crippen LogP contribution is -2.37. The van der Waals surface area contributed by atoms with Crippen molar-refractivity contribution in [2.45, 2.75) is 13.0 Å². The molecule has 3 aromatic carbocycles. The average molecular weight is 454 g/mol. The van der Waals surface area contributed by atoms with Gasteiger partial charge in [-0.1, -0.05) is 54.1 Å². The van der Waals surface area contributed by atoms with Crippen molar-refractivity contribution >= 4 is 39.8 Å². The van der Waals surface area contributed by atoms with Crippen LogP contribution in [0.25, 0.3) is 22.0 Å². The molecule has 0 saturated carbocycles. The first-order valence-corrected chi connectivity index (χ1v) is 11.3. The summed E-state index contributed by atoms with van der Waals surface area (Å²) in [7, 11) is 0. The third-order valence-corrected chi connectivity index (χ3v) is 6.83. The van der Waals surface area contributed by atoms with Gasteiger partial charge in [0.15, 0.2) is 5.78 Å². The van der Waals surface area contributed by atoms with Crippen molar-refractivity contribution in [2.75, 3.05) is 18.4 Å². The highest BCUT2D eigenvalue weighted by molar-refractivity contribution is 6.36. The summed E-state index contributed by atoms with van der Waals surface area (Å²) < 4.78 is 0. The van der Waals surface area contributed by atoms with E-state index in [1.54, 1.807) is 18.3 Å². The summed E-state index contributed by atoms with van der Waals surface area (Å²) in [5.74, 6) is -0.251. The molecule has 1 aliphatic carbocycles. The lowest BCUT2D eigenvalue weighted by Gasteiger charge is -2.28. The Morgan fingerprint density at radius 3 is 2.73 bits per heavy atom. The number of hydrogen-bond donors (Lipinski definition) is 1. The van der Waals surface area contributed by atoms with Gasteiger partial charge in [-0.05, 0) is 41.1 Å². The summed E-state index contributed by atoms with van der Waals surface area (Å²) in [6, 6.07) is 19.3. The van der Waals surface area contributed by atoms with Gasteiger partial charge >= 0.3 is 0 Å². The van der Waals surface area contributed by atoms with Gasteiger partial charge in [-0.25, -0.2) is 0 Å². The Morgan fingerprint density at radius 2 is 1.85 bits per heavy atom. The van der Waals surface area contributed by atoms with Crippen LogP contribution in [-0.4, -0.2) is 34.7 Å². The molecule has 6 heteroatoms. The molecule has 33 heavy (non-hydrogen) atoms. The zero-order valence-electron chi connectivity index (χ0n) is 17.8. The highest BCUT2D eigenvalue weighted by Crippen LogP contribution is 2.44. The van der Waals surface area contributed by atoms with Crippen LogP contribution in [0.15, 0.2) is 66.9 Å². The number of nitrogens with zero attached hydrogens (tertiary/aromatic N) is 2. The standard InChI is InChI=1S/C27H20ClN3O2/c28-21-9-8-20-24(26-23-17(10-12-29-26)6-3-7-19(23)27(20)33)25(21)30-22(32)15-31-13-11-16-4-1-2-5-18(16)14-31/h1-10,12H,11,13-15H2,(H,30,32). The van der Waals surface area contributed by atoms with E-state index in [9.17, 15) is 9.59 Å². The SMILES string of the molecule is O=C(CN1CCc2ccccc2C1)Nc1c(Cl)ccc2c1-c1nccc3cccc(c13)C2=O. The second-order valence-electron chi connectivity index (χ2n) is 8.51. The highest BCUT2D eigenvalue weighted by atomic mass is 35.5. The molecule has 162 valence electrons. The number of hydrogen-bond acceptors (Lipinski definition) is 4. The third-order valence-electron chi connectivity index (χ3n) is 6.51. The zero-order chi connectivity index (χ0) is 22.5. The van der Waals surface area contributed by atoms with Crippen molar-refractivity contribution in [1.29, 1.82) is 0 Å². The zero-order valence-corrected chi connectivity index (χ0v) is 18.5. The van der Waals surface area contributed by atoms with E-state index in [-0.39, 0.29) is 18.2 Å². The highest BCUT2D eigenvalue weighted by Gasteiger charge is 2.30. The number of benzene rings is 3. The smallest absolute Gasteiger partial charge is 0.238 e. The van der Waals surface area contributed by atoms with Gasteiger partial charge in [-0.15, -0.1) is 0 Å². The number of halogens is 1. The monoisotopic (exact) mass is 453 g/mol. The van der Waals surface area contributed by atoms with E-state index in [2.05, 4.69) is 33.4 Å². The van der Waals surface area contributed by atoms with Crippen LogP contribution in [0.5, 0.6) is 0 Å². The second kappa shape index (κ2) is 7.80. The summed E-state index contributed by atoms with van der Waals surface area (Å²) in [5.41, 5.74) is 5.42. The Kier molecular flexibility index (Phi) is 4.75. The summed E-state index contributed by atoms with van der Waals surface area (Å²) in [6.45, 7) is 1.80. The fourth-order valence-electron chi connectivity index (χ4n) is 4.96. The van der Waals surface area contributed by atoms with Gasteiger partial charge in [-0.2, -0.15) is 0 Å². The summed E-state index contributed by atoms with van der Waals surface area (Å²) in [4.78, 5) is 33.1. The van der Waals surface area contributed by atoms with E-state index in [1.165, 1.54) is 11.1 Å². The van der Waals surface area contributed by atoms with Gasteiger partial charge in [0.25, 0.3) is 0 Å². The minimum absolute atomic E-state index is 0.0871. The molecule has 2 aliphatic rings. The number of carbonyl (C=O) groups is 2. The Morgan fingerprint density at radius 1 is 1.00 bits per heavy atom. The summed E-state index contributed by atoms with van der Waals surface area (Å²) >= 11 is 6.56. The van der Waals surface area contributed by atoms with Crippen LogP contribution in [-0.2, 0) is 17.8 Å². The maximum Gasteiger partial charge on any atom is 0.238 e. The number of fused-ring (bicyclic) bond motifs is 3. The number of ketones is 1. The Bertz CT molecular complexity index is 1460. The molecule has 0 fully saturated rings. The topological polar surface area (TPSA) is 62.3 Å². The van der Waals surface area contributed by atoms with Crippen LogP contribution in [0.3, 0.4) is 0 Å². The van der Waals surface area contributed by atoms with Crippen LogP contribution in [0.1, 0.15) is 27.0 Å². The van der Waals surface area contributed by atoms with E-state index >= 15 is 0 Å². The number of rotatable bonds is 3. The maximum atomic E-state index is 13.3. The molecule has 2 heterocycles. The third kappa shape index (κ3) is 3.32. The van der Waals surface area contributed by atoms with Crippen LogP contribution < -0.4 is 5.32 Å². The first-order chi connectivity index (χ1) is 16.1. The molecule has 0 unspecified atom stereocenters. The molecule has 0 atom stereocenters. The molecule has 1 aliphatic heterocycles. The van der Waals surface area contributed by atoms with Gasteiger partial charge in [0.1, 0.15) is 0 Å². The van der Waals surface area contributed by atoms with Crippen molar-refractivity contribution in [1.82, 2.24) is 9.88 Å². The first kappa shape index (κ1) is 20.1. The molecule has 5 nitrogen and oxygen atoms in total. The van der Waals surface area contributed by atoms with Crippen LogP contribution in [0.4, 0.5) is 5.69 Å². The molecular weight excluding hydrogens is 434 g/mol. The fraction of sp³-hybridized carbons (Fsp3) is 0.148. The Hall–Kier alpha value is -3.54. The number of anilines is 1. The van der Waals surface area contributed by atoms with Crippen molar-refractivity contribution in [3.63, 3.8) is 0 Å². The molecule has 0 bridgehead atoms. The number of carbonyl (C=O) groups excluding carboxylic acids is 2. The van der Waals surface area contributed by atoms with E-state index in [1.807, 2.05) is 30.3 Å². The van der Waals surface area contributed by atoms with E-state index in [4.69, 9.17) is 11.6 Å². The van der Waals surface area contributed by atoms with Crippen LogP contribution in [0, 0.1) is 0 Å². The minimum atomic E-state index is -0.164. The van der Waals surface area contributed by atoms with Crippen molar-refractivity contribution < 1.29 is 9.59 Å². The van der Waals surface area contributed by atoms with Crippen molar-refractivity contribution in [2.24, 2.45) is 0 Å². The molecule has 6 rings (SSSR count). The van der Waals surface area contributed by atoms with Crippen LogP contribution >= 0.6 is 11.6 Å². The number of aromatic nitrogens is 1. The normalized spacial score (nSPS) is 14.6.